The minimum Gasteiger partial charge on any atom is -0.493 e. The van der Waals surface area contributed by atoms with E-state index in [-0.39, 0.29) is 17.9 Å². The van der Waals surface area contributed by atoms with Crippen molar-refractivity contribution >= 4 is 17.8 Å². The van der Waals surface area contributed by atoms with Crippen LogP contribution in [-0.2, 0) is 4.79 Å². The van der Waals surface area contributed by atoms with Crippen molar-refractivity contribution in [2.45, 2.75) is 44.6 Å². The van der Waals surface area contributed by atoms with Crippen LogP contribution in [0.1, 0.15) is 60.5 Å². The Balaban J connectivity index is 1.40. The molecule has 0 spiro atoms. The number of carbonyl (C=O) groups is 2. The van der Waals surface area contributed by atoms with E-state index in [1.165, 1.54) is 12.4 Å². The van der Waals surface area contributed by atoms with Crippen LogP contribution in [0.4, 0.5) is 5.95 Å². The third kappa shape index (κ3) is 6.15. The lowest BCUT2D eigenvalue weighted by atomic mass is 10.0. The molecule has 0 radical (unpaired) electrons. The highest BCUT2D eigenvalue weighted by molar-refractivity contribution is 5.93. The summed E-state index contributed by atoms with van der Waals surface area (Å²) in [4.78, 5) is 31.7. The first-order valence-corrected chi connectivity index (χ1v) is 10.2. The second-order valence-electron chi connectivity index (χ2n) is 7.12. The molecule has 9 nitrogen and oxygen atoms in total. The van der Waals surface area contributed by atoms with Gasteiger partial charge in [0.15, 0.2) is 0 Å². The number of nitrogens with one attached hydrogen (secondary N) is 3. The van der Waals surface area contributed by atoms with Gasteiger partial charge in [-0.05, 0) is 18.9 Å². The van der Waals surface area contributed by atoms with Crippen molar-refractivity contribution in [2.24, 2.45) is 0 Å². The summed E-state index contributed by atoms with van der Waals surface area (Å²) < 4.78 is 5.66. The maximum atomic E-state index is 12.2. The smallest absolute Gasteiger partial charge is 0.254 e. The molecule has 2 heterocycles. The average molecular weight is 413 g/mol. The lowest BCUT2D eigenvalue weighted by Crippen LogP contribution is -2.25. The van der Waals surface area contributed by atoms with Crippen LogP contribution in [0.3, 0.4) is 0 Å². The van der Waals surface area contributed by atoms with Crippen molar-refractivity contribution < 1.29 is 19.5 Å². The fraction of sp³-hybridized carbons (Fsp3) is 0.429. The molecule has 0 fully saturated rings. The summed E-state index contributed by atoms with van der Waals surface area (Å²) in [5.74, 6) is 0.758. The van der Waals surface area contributed by atoms with Gasteiger partial charge in [-0.2, -0.15) is 0 Å². The number of anilines is 1. The van der Waals surface area contributed by atoms with Gasteiger partial charge in [-0.25, -0.2) is 15.4 Å². The van der Waals surface area contributed by atoms with E-state index in [0.29, 0.717) is 37.5 Å². The van der Waals surface area contributed by atoms with E-state index >= 15 is 0 Å². The summed E-state index contributed by atoms with van der Waals surface area (Å²) in [6, 6.07) is 7.96. The molecule has 1 unspecified atom stereocenters. The van der Waals surface area contributed by atoms with Crippen molar-refractivity contribution in [3.63, 3.8) is 0 Å². The minimum atomic E-state index is -0.373. The number of rotatable bonds is 10. The van der Waals surface area contributed by atoms with Crippen LogP contribution in [0.25, 0.3) is 0 Å². The Morgan fingerprint density at radius 2 is 1.87 bits per heavy atom. The van der Waals surface area contributed by atoms with Crippen molar-refractivity contribution in [3.05, 3.63) is 47.8 Å². The van der Waals surface area contributed by atoms with Gasteiger partial charge in [0.25, 0.3) is 5.91 Å². The topological polar surface area (TPSA) is 125 Å². The summed E-state index contributed by atoms with van der Waals surface area (Å²) in [7, 11) is 0. The number of amides is 2. The zero-order valence-corrected chi connectivity index (χ0v) is 16.8. The van der Waals surface area contributed by atoms with Gasteiger partial charge in [0.05, 0.1) is 18.2 Å². The van der Waals surface area contributed by atoms with Crippen LogP contribution in [-0.4, -0.2) is 40.1 Å². The summed E-state index contributed by atoms with van der Waals surface area (Å²) in [5, 5.41) is 14.6. The Morgan fingerprint density at radius 3 is 2.67 bits per heavy atom. The lowest BCUT2D eigenvalue weighted by Gasteiger charge is -2.26. The molecule has 1 aromatic heterocycles. The van der Waals surface area contributed by atoms with Crippen LogP contribution in [0, 0.1) is 0 Å². The molecule has 0 saturated heterocycles. The summed E-state index contributed by atoms with van der Waals surface area (Å²) in [6.07, 6.45) is 7.43. The van der Waals surface area contributed by atoms with Gasteiger partial charge >= 0.3 is 0 Å². The fourth-order valence-electron chi connectivity index (χ4n) is 3.29. The monoisotopic (exact) mass is 413 g/mol. The minimum absolute atomic E-state index is 0.0677. The van der Waals surface area contributed by atoms with Gasteiger partial charge in [0, 0.05) is 37.3 Å². The van der Waals surface area contributed by atoms with Gasteiger partial charge in [0.1, 0.15) is 5.75 Å². The van der Waals surface area contributed by atoms with Crippen molar-refractivity contribution in [3.8, 4) is 5.75 Å². The van der Waals surface area contributed by atoms with Gasteiger partial charge in [-0.15, -0.1) is 0 Å². The number of hydrogen-bond donors (Lipinski definition) is 4. The number of carbonyl (C=O) groups excluding carboxylic acids is 2. The number of aromatic nitrogens is 2. The summed E-state index contributed by atoms with van der Waals surface area (Å²) in [5.41, 5.74) is 3.10. The standard InChI is InChI=1S/C21H27N5O4/c27-19(26-29)9-3-1-2-6-11-22-20(28)15-13-23-21(24-14-15)25-17-10-12-30-18-8-5-4-7-16(17)18/h4-5,7-8,13-14,17,29H,1-3,6,9-12H2,(H,22,28)(H,26,27)(H,23,24,25). The molecule has 0 aliphatic carbocycles. The van der Waals surface area contributed by atoms with Crippen molar-refractivity contribution in [1.29, 1.82) is 0 Å². The number of fused-ring (bicyclic) bond motifs is 1. The van der Waals surface area contributed by atoms with E-state index in [0.717, 1.165) is 37.0 Å². The van der Waals surface area contributed by atoms with Crippen LogP contribution in [0.5, 0.6) is 5.75 Å². The summed E-state index contributed by atoms with van der Waals surface area (Å²) in [6.45, 7) is 1.17. The molecule has 1 atom stereocenters. The Hall–Kier alpha value is -3.20. The molecule has 4 N–H and O–H groups in total. The Bertz CT molecular complexity index is 844. The molecule has 0 bridgehead atoms. The van der Waals surface area contributed by atoms with E-state index < -0.39 is 0 Å². The van der Waals surface area contributed by atoms with E-state index in [1.807, 2.05) is 24.3 Å². The van der Waals surface area contributed by atoms with Crippen LogP contribution in [0.15, 0.2) is 36.7 Å². The number of benzene rings is 1. The zero-order valence-electron chi connectivity index (χ0n) is 16.8. The highest BCUT2D eigenvalue weighted by atomic mass is 16.5. The van der Waals surface area contributed by atoms with Crippen LogP contribution < -0.4 is 20.9 Å². The first-order valence-electron chi connectivity index (χ1n) is 10.2. The quantitative estimate of drug-likeness (QED) is 0.268. The van der Waals surface area contributed by atoms with Crippen LogP contribution >= 0.6 is 0 Å². The Labute approximate surface area is 175 Å². The highest BCUT2D eigenvalue weighted by Gasteiger charge is 2.21. The van der Waals surface area contributed by atoms with Crippen molar-refractivity contribution in [1.82, 2.24) is 20.8 Å². The van der Waals surface area contributed by atoms with Gasteiger partial charge in [-0.1, -0.05) is 31.0 Å². The molecule has 2 aromatic rings. The second-order valence-corrected chi connectivity index (χ2v) is 7.12. The van der Waals surface area contributed by atoms with E-state index in [1.54, 1.807) is 5.48 Å². The molecule has 30 heavy (non-hydrogen) atoms. The van der Waals surface area contributed by atoms with E-state index in [4.69, 9.17) is 9.94 Å². The number of ether oxygens (including phenoxy) is 1. The number of hydroxylamine groups is 1. The van der Waals surface area contributed by atoms with E-state index in [2.05, 4.69) is 20.6 Å². The predicted molar refractivity (Wildman–Crippen MR) is 110 cm³/mol. The predicted octanol–water partition coefficient (Wildman–Crippen LogP) is 2.60. The Kier molecular flexibility index (Phi) is 7.96. The number of unbranched alkanes of at least 4 members (excludes halogenated alkanes) is 3. The molecular formula is C21H27N5O4. The van der Waals surface area contributed by atoms with Gasteiger partial charge in [-0.3, -0.25) is 14.8 Å². The SMILES string of the molecule is O=C(CCCCCCNC(=O)c1cnc(NC2CCOc3ccccc32)nc1)NO. The molecule has 1 aliphatic heterocycles. The molecule has 1 aromatic carbocycles. The lowest BCUT2D eigenvalue weighted by molar-refractivity contribution is -0.129. The number of hydrogen-bond acceptors (Lipinski definition) is 7. The molecule has 3 rings (SSSR count). The number of para-hydroxylation sites is 1. The first-order chi connectivity index (χ1) is 14.7. The third-order valence-electron chi connectivity index (χ3n) is 4.92. The molecular weight excluding hydrogens is 386 g/mol. The third-order valence-corrected chi connectivity index (χ3v) is 4.92. The Morgan fingerprint density at radius 1 is 1.10 bits per heavy atom. The molecule has 1 aliphatic rings. The first kappa shape index (κ1) is 21.5. The fourth-order valence-corrected chi connectivity index (χ4v) is 3.29. The maximum Gasteiger partial charge on any atom is 0.254 e. The largest absolute Gasteiger partial charge is 0.493 e. The second kappa shape index (κ2) is 11.1. The highest BCUT2D eigenvalue weighted by Crippen LogP contribution is 2.33. The van der Waals surface area contributed by atoms with Gasteiger partial charge in [0.2, 0.25) is 11.9 Å². The molecule has 160 valence electrons. The average Bonchev–Trinajstić information content (AvgIpc) is 2.79. The maximum absolute atomic E-state index is 12.2. The van der Waals surface area contributed by atoms with Crippen molar-refractivity contribution in [2.75, 3.05) is 18.5 Å². The molecule has 2 amide bonds. The number of nitrogens with zero attached hydrogens (tertiary/aromatic N) is 2. The molecule has 0 saturated carbocycles. The normalized spacial score (nSPS) is 14.9. The molecule has 9 heteroatoms. The van der Waals surface area contributed by atoms with Crippen LogP contribution in [0.2, 0.25) is 0 Å². The zero-order chi connectivity index (χ0) is 21.2. The summed E-state index contributed by atoms with van der Waals surface area (Å²) >= 11 is 0. The van der Waals surface area contributed by atoms with E-state index in [9.17, 15) is 9.59 Å². The van der Waals surface area contributed by atoms with Gasteiger partial charge < -0.3 is 15.4 Å².